The molecule has 0 fully saturated rings. The van der Waals surface area contributed by atoms with Gasteiger partial charge in [0.15, 0.2) is 5.11 Å². The number of rotatable bonds is 9. The van der Waals surface area contributed by atoms with Crippen LogP contribution < -0.4 is 20.1 Å². The van der Waals surface area contributed by atoms with E-state index in [0.717, 1.165) is 29.9 Å². The molecule has 0 bridgehead atoms. The average Bonchev–Trinajstić information content (AvgIpc) is 2.68. The maximum atomic E-state index is 12.6. The molecule has 0 aromatic heterocycles. The van der Waals surface area contributed by atoms with Gasteiger partial charge in [0.25, 0.3) is 5.91 Å². The second-order valence-electron chi connectivity index (χ2n) is 6.38. The van der Waals surface area contributed by atoms with Crippen LogP contribution in [0.1, 0.15) is 37.0 Å². The first-order chi connectivity index (χ1) is 13.5. The molecule has 0 aliphatic carbocycles. The molecule has 0 aliphatic heterocycles. The summed E-state index contributed by atoms with van der Waals surface area (Å²) in [6, 6.07) is 14.4. The van der Waals surface area contributed by atoms with Crippen LogP contribution in [0.2, 0.25) is 0 Å². The van der Waals surface area contributed by atoms with Crippen molar-refractivity contribution >= 4 is 28.9 Å². The number of para-hydroxylation sites is 1. The number of benzene rings is 2. The number of unbranched alkanes of at least 4 members (excludes halogenated alkanes) is 1. The Labute approximate surface area is 171 Å². The van der Waals surface area contributed by atoms with Crippen LogP contribution in [-0.4, -0.2) is 24.2 Å². The number of hydrogen-bond acceptors (Lipinski definition) is 4. The average molecular weight is 399 g/mol. The molecule has 0 saturated carbocycles. The number of carbonyl (C=O) groups is 1. The second-order valence-corrected chi connectivity index (χ2v) is 6.78. The molecule has 6 heteroatoms. The summed E-state index contributed by atoms with van der Waals surface area (Å²) in [7, 11) is 0. The van der Waals surface area contributed by atoms with Crippen molar-refractivity contribution in [2.75, 3.05) is 18.5 Å². The molecular weight excluding hydrogens is 372 g/mol. The largest absolute Gasteiger partial charge is 0.493 e. The van der Waals surface area contributed by atoms with E-state index in [4.69, 9.17) is 21.7 Å². The number of ether oxygens (including phenoxy) is 2. The Morgan fingerprint density at radius 3 is 2.50 bits per heavy atom. The molecule has 2 rings (SSSR count). The standard InChI is InChI=1S/C22H26N2O3S/c1-4-5-14-26-20-9-7-6-8-19(20)21(25)24-22(28)23-17-10-12-18(13-11-17)27-15-16(2)3/h6-13H,2,4-5,14-15H2,1,3H3,(H2,23,24,25,28). The molecule has 2 aromatic carbocycles. The summed E-state index contributed by atoms with van der Waals surface area (Å²) < 4.78 is 11.3. The number of hydrogen-bond donors (Lipinski definition) is 2. The van der Waals surface area contributed by atoms with E-state index in [0.29, 0.717) is 24.5 Å². The minimum absolute atomic E-state index is 0.212. The van der Waals surface area contributed by atoms with E-state index in [-0.39, 0.29) is 11.0 Å². The zero-order valence-corrected chi connectivity index (χ0v) is 17.1. The van der Waals surface area contributed by atoms with Gasteiger partial charge in [-0.25, -0.2) is 0 Å². The zero-order valence-electron chi connectivity index (χ0n) is 16.3. The van der Waals surface area contributed by atoms with Crippen molar-refractivity contribution < 1.29 is 14.3 Å². The molecule has 0 aliphatic rings. The Balaban J connectivity index is 1.92. The highest BCUT2D eigenvalue weighted by Crippen LogP contribution is 2.19. The number of thiocarbonyl (C=S) groups is 1. The molecule has 0 saturated heterocycles. The van der Waals surface area contributed by atoms with Crippen LogP contribution in [-0.2, 0) is 0 Å². The molecule has 0 heterocycles. The molecule has 5 nitrogen and oxygen atoms in total. The lowest BCUT2D eigenvalue weighted by molar-refractivity contribution is 0.0973. The summed E-state index contributed by atoms with van der Waals surface area (Å²) in [6.45, 7) is 8.84. The van der Waals surface area contributed by atoms with Crippen molar-refractivity contribution in [2.45, 2.75) is 26.7 Å². The molecule has 148 valence electrons. The van der Waals surface area contributed by atoms with E-state index in [1.54, 1.807) is 18.2 Å². The number of amides is 1. The summed E-state index contributed by atoms with van der Waals surface area (Å²) in [4.78, 5) is 12.6. The van der Waals surface area contributed by atoms with Gasteiger partial charge >= 0.3 is 0 Å². The highest BCUT2D eigenvalue weighted by atomic mass is 32.1. The van der Waals surface area contributed by atoms with Crippen LogP contribution in [0.5, 0.6) is 11.5 Å². The predicted octanol–water partition coefficient (Wildman–Crippen LogP) is 4.95. The summed E-state index contributed by atoms with van der Waals surface area (Å²) in [5, 5.41) is 5.89. The number of nitrogens with one attached hydrogen (secondary N) is 2. The molecule has 2 N–H and O–H groups in total. The highest BCUT2D eigenvalue weighted by Gasteiger charge is 2.13. The topological polar surface area (TPSA) is 59.6 Å². The summed E-state index contributed by atoms with van der Waals surface area (Å²) in [5.74, 6) is 0.975. The van der Waals surface area contributed by atoms with Crippen LogP contribution in [0.25, 0.3) is 0 Å². The number of carbonyl (C=O) groups excluding carboxylic acids is 1. The van der Waals surface area contributed by atoms with Crippen molar-refractivity contribution in [2.24, 2.45) is 0 Å². The van der Waals surface area contributed by atoms with Crippen molar-refractivity contribution in [1.29, 1.82) is 0 Å². The monoisotopic (exact) mass is 398 g/mol. The van der Waals surface area contributed by atoms with E-state index in [1.807, 2.05) is 37.3 Å². The van der Waals surface area contributed by atoms with Gasteiger partial charge in [0.1, 0.15) is 18.1 Å². The Hall–Kier alpha value is -2.86. The normalized spacial score (nSPS) is 10.1. The second kappa shape index (κ2) is 11.1. The molecule has 0 unspecified atom stereocenters. The molecule has 0 spiro atoms. The van der Waals surface area contributed by atoms with E-state index in [9.17, 15) is 4.79 Å². The van der Waals surface area contributed by atoms with Gasteiger partial charge in [0, 0.05) is 5.69 Å². The van der Waals surface area contributed by atoms with Crippen LogP contribution in [0.15, 0.2) is 60.7 Å². The van der Waals surface area contributed by atoms with Crippen LogP contribution in [0.4, 0.5) is 5.69 Å². The lowest BCUT2D eigenvalue weighted by Gasteiger charge is -2.13. The van der Waals surface area contributed by atoms with Crippen molar-refractivity contribution in [3.05, 3.63) is 66.2 Å². The van der Waals surface area contributed by atoms with E-state index in [1.165, 1.54) is 0 Å². The maximum absolute atomic E-state index is 12.6. The summed E-state index contributed by atoms with van der Waals surface area (Å²) >= 11 is 5.25. The maximum Gasteiger partial charge on any atom is 0.261 e. The third-order valence-corrected chi connectivity index (χ3v) is 3.92. The Morgan fingerprint density at radius 1 is 1.11 bits per heavy atom. The first-order valence-corrected chi connectivity index (χ1v) is 9.62. The van der Waals surface area contributed by atoms with E-state index in [2.05, 4.69) is 24.1 Å². The molecule has 0 atom stereocenters. The van der Waals surface area contributed by atoms with E-state index >= 15 is 0 Å². The Morgan fingerprint density at radius 2 is 1.82 bits per heavy atom. The minimum atomic E-state index is -0.314. The lowest BCUT2D eigenvalue weighted by Crippen LogP contribution is -2.34. The van der Waals surface area contributed by atoms with Crippen LogP contribution in [0, 0.1) is 0 Å². The van der Waals surface area contributed by atoms with Crippen molar-refractivity contribution in [3.63, 3.8) is 0 Å². The molecule has 28 heavy (non-hydrogen) atoms. The van der Waals surface area contributed by atoms with Gasteiger partial charge < -0.3 is 14.8 Å². The van der Waals surface area contributed by atoms with Crippen molar-refractivity contribution in [3.8, 4) is 11.5 Å². The zero-order chi connectivity index (χ0) is 20.4. The van der Waals surface area contributed by atoms with Gasteiger partial charge in [-0.05, 0) is 67.5 Å². The third kappa shape index (κ3) is 7.04. The SMILES string of the molecule is C=C(C)COc1ccc(NC(=S)NC(=O)c2ccccc2OCCCC)cc1. The predicted molar refractivity (Wildman–Crippen MR) is 117 cm³/mol. The molecule has 0 radical (unpaired) electrons. The van der Waals surface area contributed by atoms with Gasteiger partial charge in [0.05, 0.1) is 12.2 Å². The van der Waals surface area contributed by atoms with Crippen LogP contribution in [0.3, 0.4) is 0 Å². The quantitative estimate of drug-likeness (QED) is 0.356. The van der Waals surface area contributed by atoms with Crippen LogP contribution >= 0.6 is 12.2 Å². The van der Waals surface area contributed by atoms with Gasteiger partial charge in [0.2, 0.25) is 0 Å². The smallest absolute Gasteiger partial charge is 0.261 e. The fourth-order valence-corrected chi connectivity index (χ4v) is 2.49. The Bertz CT molecular complexity index is 819. The third-order valence-electron chi connectivity index (χ3n) is 3.71. The molecule has 2 aromatic rings. The fourth-order valence-electron chi connectivity index (χ4n) is 2.28. The minimum Gasteiger partial charge on any atom is -0.493 e. The van der Waals surface area contributed by atoms with Gasteiger partial charge in [-0.3, -0.25) is 10.1 Å². The van der Waals surface area contributed by atoms with Gasteiger partial charge in [-0.1, -0.05) is 32.1 Å². The van der Waals surface area contributed by atoms with E-state index < -0.39 is 0 Å². The highest BCUT2D eigenvalue weighted by molar-refractivity contribution is 7.80. The first kappa shape index (κ1) is 21.4. The molecular formula is C22H26N2O3S. The first-order valence-electron chi connectivity index (χ1n) is 9.21. The fraction of sp³-hybridized carbons (Fsp3) is 0.273. The van der Waals surface area contributed by atoms with Gasteiger partial charge in [-0.15, -0.1) is 0 Å². The van der Waals surface area contributed by atoms with Crippen molar-refractivity contribution in [1.82, 2.24) is 5.32 Å². The summed E-state index contributed by atoms with van der Waals surface area (Å²) in [5.41, 5.74) is 2.15. The molecule has 1 amide bonds. The van der Waals surface area contributed by atoms with Gasteiger partial charge in [-0.2, -0.15) is 0 Å². The Kier molecular flexibility index (Phi) is 8.49. The number of anilines is 1. The lowest BCUT2D eigenvalue weighted by atomic mass is 10.2. The summed E-state index contributed by atoms with van der Waals surface area (Å²) in [6.07, 6.45) is 1.96.